The van der Waals surface area contributed by atoms with Crippen molar-refractivity contribution in [3.63, 3.8) is 0 Å². The molecule has 0 radical (unpaired) electrons. The number of amides is 1. The Morgan fingerprint density at radius 1 is 1.14 bits per heavy atom. The van der Waals surface area contributed by atoms with E-state index in [0.29, 0.717) is 6.54 Å². The fourth-order valence-electron chi connectivity index (χ4n) is 2.73. The van der Waals surface area contributed by atoms with Gasteiger partial charge in [0.05, 0.1) is 0 Å². The van der Waals surface area contributed by atoms with E-state index in [-0.39, 0.29) is 18.3 Å². The maximum atomic E-state index is 12.2. The van der Waals surface area contributed by atoms with Crippen LogP contribution in [0.5, 0.6) is 0 Å². The molecule has 3 nitrogen and oxygen atoms in total. The molecule has 0 saturated carbocycles. The molecule has 2 aromatic rings. The normalized spacial score (nSPS) is 12.4. The van der Waals surface area contributed by atoms with E-state index in [0.717, 1.165) is 25.1 Å². The molecule has 0 saturated heterocycles. The lowest BCUT2D eigenvalue weighted by atomic mass is 10.1. The number of carbonyl (C=O) groups is 1. The summed E-state index contributed by atoms with van der Waals surface area (Å²) in [7, 11) is 0. The van der Waals surface area contributed by atoms with E-state index in [9.17, 15) is 4.79 Å². The van der Waals surface area contributed by atoms with Crippen molar-refractivity contribution in [2.75, 3.05) is 6.54 Å². The molecule has 1 amide bonds. The molecule has 0 bridgehead atoms. The Hall–Kier alpha value is -1.84. The molecule has 3 rings (SSSR count). The molecule has 116 valence electrons. The van der Waals surface area contributed by atoms with Gasteiger partial charge in [0.1, 0.15) is 0 Å². The summed E-state index contributed by atoms with van der Waals surface area (Å²) in [5.74, 6) is 0.0114. The molecule has 0 spiro atoms. The Morgan fingerprint density at radius 3 is 2.77 bits per heavy atom. The zero-order valence-electron chi connectivity index (χ0n) is 12.7. The van der Waals surface area contributed by atoms with E-state index >= 15 is 0 Å². The van der Waals surface area contributed by atoms with Crippen molar-refractivity contribution in [3.8, 4) is 0 Å². The smallest absolute Gasteiger partial charge is 0.251 e. The lowest BCUT2D eigenvalue weighted by Crippen LogP contribution is -2.25. The SMILES string of the molecule is Cc1cccc(CCNC(=O)c2ccc3c(c2)CNC3)c1.Cl. The maximum Gasteiger partial charge on any atom is 0.251 e. The highest BCUT2D eigenvalue weighted by Gasteiger charge is 2.13. The first kappa shape index (κ1) is 16.5. The van der Waals surface area contributed by atoms with E-state index < -0.39 is 0 Å². The Labute approximate surface area is 137 Å². The first-order chi connectivity index (χ1) is 10.2. The minimum Gasteiger partial charge on any atom is -0.352 e. The van der Waals surface area contributed by atoms with E-state index in [4.69, 9.17) is 0 Å². The third-order valence-corrected chi connectivity index (χ3v) is 3.88. The Kier molecular flexibility index (Phi) is 5.58. The predicted molar refractivity (Wildman–Crippen MR) is 91.4 cm³/mol. The van der Waals surface area contributed by atoms with Crippen LogP contribution in [0.25, 0.3) is 0 Å². The van der Waals surface area contributed by atoms with Gasteiger partial charge in [-0.1, -0.05) is 35.9 Å². The molecule has 0 fully saturated rings. The third kappa shape index (κ3) is 3.87. The highest BCUT2D eigenvalue weighted by molar-refractivity contribution is 5.94. The average molecular weight is 317 g/mol. The molecule has 2 aromatic carbocycles. The minimum atomic E-state index is 0. The molecule has 22 heavy (non-hydrogen) atoms. The van der Waals surface area contributed by atoms with Gasteiger partial charge in [0.2, 0.25) is 0 Å². The molecule has 1 aliphatic heterocycles. The highest BCUT2D eigenvalue weighted by atomic mass is 35.5. The van der Waals surface area contributed by atoms with Crippen molar-refractivity contribution in [1.82, 2.24) is 10.6 Å². The lowest BCUT2D eigenvalue weighted by Gasteiger charge is -2.07. The summed E-state index contributed by atoms with van der Waals surface area (Å²) in [6, 6.07) is 14.4. The van der Waals surface area contributed by atoms with Crippen molar-refractivity contribution in [2.24, 2.45) is 0 Å². The standard InChI is InChI=1S/C18H20N2O.ClH/c1-13-3-2-4-14(9-13)7-8-20-18(21)15-5-6-16-11-19-12-17(16)10-15;/h2-6,9-10,19H,7-8,11-12H2,1H3,(H,20,21);1H. The number of benzene rings is 2. The predicted octanol–water partition coefficient (Wildman–Crippen LogP) is 2.99. The molecule has 2 N–H and O–H groups in total. The van der Waals surface area contributed by atoms with Crippen molar-refractivity contribution in [1.29, 1.82) is 0 Å². The van der Waals surface area contributed by atoms with Gasteiger partial charge in [0.25, 0.3) is 5.91 Å². The number of rotatable bonds is 4. The molecule has 0 atom stereocenters. The van der Waals surface area contributed by atoms with Crippen LogP contribution in [0.4, 0.5) is 0 Å². The van der Waals surface area contributed by atoms with E-state index in [1.165, 1.54) is 22.3 Å². The first-order valence-electron chi connectivity index (χ1n) is 7.38. The number of nitrogens with one attached hydrogen (secondary N) is 2. The van der Waals surface area contributed by atoms with Gasteiger partial charge in [-0.25, -0.2) is 0 Å². The zero-order chi connectivity index (χ0) is 14.7. The van der Waals surface area contributed by atoms with Crippen LogP contribution in [0.3, 0.4) is 0 Å². The second-order valence-electron chi connectivity index (χ2n) is 5.58. The Balaban J connectivity index is 0.00000176. The van der Waals surface area contributed by atoms with Gasteiger partial charge in [-0.2, -0.15) is 0 Å². The van der Waals surface area contributed by atoms with Crippen LogP contribution < -0.4 is 10.6 Å². The summed E-state index contributed by atoms with van der Waals surface area (Å²) >= 11 is 0. The van der Waals surface area contributed by atoms with Gasteiger partial charge >= 0.3 is 0 Å². The van der Waals surface area contributed by atoms with Crippen molar-refractivity contribution in [3.05, 3.63) is 70.3 Å². The van der Waals surface area contributed by atoms with Gasteiger partial charge in [-0.15, -0.1) is 12.4 Å². The molecular formula is C18H21ClN2O. The summed E-state index contributed by atoms with van der Waals surface area (Å²) in [6.07, 6.45) is 0.861. The molecule has 0 aliphatic carbocycles. The molecule has 0 unspecified atom stereocenters. The lowest BCUT2D eigenvalue weighted by molar-refractivity contribution is 0.0954. The van der Waals surface area contributed by atoms with E-state index in [2.05, 4.69) is 41.8 Å². The van der Waals surface area contributed by atoms with Crippen LogP contribution in [0, 0.1) is 6.92 Å². The summed E-state index contributed by atoms with van der Waals surface area (Å²) in [6.45, 7) is 4.52. The topological polar surface area (TPSA) is 41.1 Å². The van der Waals surface area contributed by atoms with Crippen molar-refractivity contribution < 1.29 is 4.79 Å². The largest absolute Gasteiger partial charge is 0.352 e. The average Bonchev–Trinajstić information content (AvgIpc) is 2.94. The van der Waals surface area contributed by atoms with Crippen LogP contribution in [-0.2, 0) is 19.5 Å². The zero-order valence-corrected chi connectivity index (χ0v) is 13.5. The molecule has 4 heteroatoms. The number of aryl methyl sites for hydroxylation is 1. The minimum absolute atomic E-state index is 0. The van der Waals surface area contributed by atoms with Crippen LogP contribution in [0.15, 0.2) is 42.5 Å². The van der Waals surface area contributed by atoms with Gasteiger partial charge in [-0.3, -0.25) is 4.79 Å². The second kappa shape index (κ2) is 7.43. The van der Waals surface area contributed by atoms with Crippen LogP contribution >= 0.6 is 12.4 Å². The van der Waals surface area contributed by atoms with Crippen LogP contribution in [0.1, 0.15) is 32.6 Å². The third-order valence-electron chi connectivity index (χ3n) is 3.88. The Bertz CT molecular complexity index is 670. The monoisotopic (exact) mass is 316 g/mol. The van der Waals surface area contributed by atoms with Crippen molar-refractivity contribution >= 4 is 18.3 Å². The molecule has 1 heterocycles. The van der Waals surface area contributed by atoms with Crippen molar-refractivity contribution in [2.45, 2.75) is 26.4 Å². The quantitative estimate of drug-likeness (QED) is 0.910. The fraction of sp³-hybridized carbons (Fsp3) is 0.278. The van der Waals surface area contributed by atoms with Crippen LogP contribution in [-0.4, -0.2) is 12.5 Å². The van der Waals surface area contributed by atoms with Gasteiger partial charge in [0.15, 0.2) is 0 Å². The summed E-state index contributed by atoms with van der Waals surface area (Å²) in [5.41, 5.74) is 5.80. The molecule has 1 aliphatic rings. The highest BCUT2D eigenvalue weighted by Crippen LogP contribution is 2.17. The number of hydrogen-bond acceptors (Lipinski definition) is 2. The number of carbonyl (C=O) groups excluding carboxylic acids is 1. The van der Waals surface area contributed by atoms with E-state index in [1.807, 2.05) is 18.2 Å². The molecular weight excluding hydrogens is 296 g/mol. The summed E-state index contributed by atoms with van der Waals surface area (Å²) in [5, 5.41) is 6.29. The van der Waals surface area contributed by atoms with Gasteiger partial charge in [0, 0.05) is 25.2 Å². The summed E-state index contributed by atoms with van der Waals surface area (Å²) < 4.78 is 0. The number of fused-ring (bicyclic) bond motifs is 1. The molecule has 0 aromatic heterocycles. The number of hydrogen-bond donors (Lipinski definition) is 2. The van der Waals surface area contributed by atoms with Crippen LogP contribution in [0.2, 0.25) is 0 Å². The van der Waals surface area contributed by atoms with E-state index in [1.54, 1.807) is 0 Å². The maximum absolute atomic E-state index is 12.2. The Morgan fingerprint density at radius 2 is 1.95 bits per heavy atom. The second-order valence-corrected chi connectivity index (χ2v) is 5.58. The first-order valence-corrected chi connectivity index (χ1v) is 7.38. The van der Waals surface area contributed by atoms with Gasteiger partial charge in [-0.05, 0) is 42.2 Å². The van der Waals surface area contributed by atoms with Gasteiger partial charge < -0.3 is 10.6 Å². The fourth-order valence-corrected chi connectivity index (χ4v) is 2.73. The summed E-state index contributed by atoms with van der Waals surface area (Å²) in [4.78, 5) is 12.2. The number of halogens is 1.